The molecule has 0 amide bonds. The predicted octanol–water partition coefficient (Wildman–Crippen LogP) is 4.73. The maximum atomic E-state index is 12.8. The number of carbonyl (C=O) groups is 1. The van der Waals surface area contributed by atoms with Gasteiger partial charge in [-0.3, -0.25) is 4.79 Å². The molecule has 1 heterocycles. The van der Waals surface area contributed by atoms with Crippen molar-refractivity contribution in [3.63, 3.8) is 0 Å². The van der Waals surface area contributed by atoms with Crippen molar-refractivity contribution < 1.29 is 9.18 Å². The van der Waals surface area contributed by atoms with Gasteiger partial charge in [-0.1, -0.05) is 17.7 Å². The van der Waals surface area contributed by atoms with Crippen LogP contribution in [0.4, 0.5) is 4.39 Å². The maximum absolute atomic E-state index is 12.8. The Morgan fingerprint density at radius 3 is 2.76 bits per heavy atom. The van der Waals surface area contributed by atoms with Crippen LogP contribution in [0.5, 0.6) is 0 Å². The van der Waals surface area contributed by atoms with Crippen LogP contribution in [0.1, 0.15) is 15.2 Å². The first-order valence-electron chi connectivity index (χ1n) is 4.77. The van der Waals surface area contributed by atoms with Crippen LogP contribution in [0.2, 0.25) is 5.02 Å². The monoisotopic (exact) mass is 332 g/mol. The van der Waals surface area contributed by atoms with Gasteiger partial charge in [-0.15, -0.1) is 11.3 Å². The molecule has 17 heavy (non-hydrogen) atoms. The van der Waals surface area contributed by atoms with Gasteiger partial charge in [-0.05, 0) is 39.7 Å². The molecule has 2 rings (SSSR count). The van der Waals surface area contributed by atoms with E-state index in [0.29, 0.717) is 10.4 Å². The SMILES string of the molecule is O=C(Cc1ccc(F)cc1Cl)c1cc(Br)cs1. The Balaban J connectivity index is 2.18. The van der Waals surface area contributed by atoms with Gasteiger partial charge in [0.25, 0.3) is 0 Å². The zero-order valence-corrected chi connectivity index (χ0v) is 11.7. The minimum absolute atomic E-state index is 0.0193. The molecule has 0 atom stereocenters. The summed E-state index contributed by atoms with van der Waals surface area (Å²) in [6.07, 6.45) is 0.187. The number of halogens is 3. The summed E-state index contributed by atoms with van der Waals surface area (Å²) in [6.45, 7) is 0. The third kappa shape index (κ3) is 3.15. The van der Waals surface area contributed by atoms with E-state index in [2.05, 4.69) is 15.9 Å². The van der Waals surface area contributed by atoms with E-state index in [0.717, 1.165) is 4.47 Å². The molecule has 0 unspecified atom stereocenters. The Bertz CT molecular complexity index is 567. The lowest BCUT2D eigenvalue weighted by molar-refractivity contribution is 0.0997. The van der Waals surface area contributed by atoms with E-state index in [9.17, 15) is 9.18 Å². The average Bonchev–Trinajstić information content (AvgIpc) is 2.69. The normalized spacial score (nSPS) is 10.5. The fourth-order valence-corrected chi connectivity index (χ4v) is 2.99. The molecule has 0 bridgehead atoms. The molecule has 0 saturated heterocycles. The number of hydrogen-bond donors (Lipinski definition) is 0. The molecule has 1 aromatic carbocycles. The van der Waals surface area contributed by atoms with Crippen LogP contribution >= 0.6 is 38.9 Å². The third-order valence-corrected chi connectivity index (χ3v) is 4.29. The molecule has 88 valence electrons. The molecule has 1 aromatic heterocycles. The number of ketones is 1. The molecule has 2 aromatic rings. The zero-order valence-electron chi connectivity index (χ0n) is 8.54. The third-order valence-electron chi connectivity index (χ3n) is 2.21. The fraction of sp³-hybridized carbons (Fsp3) is 0.0833. The first-order valence-corrected chi connectivity index (χ1v) is 6.82. The number of Topliss-reactive ketones (excluding diaryl/α,β-unsaturated/α-hetero) is 1. The second-order valence-electron chi connectivity index (χ2n) is 3.46. The van der Waals surface area contributed by atoms with Crippen LogP contribution in [-0.2, 0) is 6.42 Å². The van der Waals surface area contributed by atoms with Crippen molar-refractivity contribution >= 4 is 44.7 Å². The minimum atomic E-state index is -0.398. The molecule has 0 aliphatic carbocycles. The minimum Gasteiger partial charge on any atom is -0.293 e. The van der Waals surface area contributed by atoms with Gasteiger partial charge in [0.05, 0.1) is 4.88 Å². The fourth-order valence-electron chi connectivity index (χ4n) is 1.38. The largest absolute Gasteiger partial charge is 0.293 e. The summed E-state index contributed by atoms with van der Waals surface area (Å²) in [6, 6.07) is 5.83. The zero-order chi connectivity index (χ0) is 12.4. The van der Waals surface area contributed by atoms with Crippen molar-refractivity contribution in [3.8, 4) is 0 Å². The highest BCUT2D eigenvalue weighted by Crippen LogP contribution is 2.23. The van der Waals surface area contributed by atoms with E-state index in [1.54, 1.807) is 6.07 Å². The van der Waals surface area contributed by atoms with Crippen molar-refractivity contribution in [1.29, 1.82) is 0 Å². The Labute approximate surface area is 115 Å². The highest BCUT2D eigenvalue weighted by atomic mass is 79.9. The molecule has 1 nitrogen and oxygen atoms in total. The van der Waals surface area contributed by atoms with Gasteiger partial charge < -0.3 is 0 Å². The van der Waals surface area contributed by atoms with Gasteiger partial charge in [-0.2, -0.15) is 0 Å². The summed E-state index contributed by atoms with van der Waals surface area (Å²) < 4.78 is 13.7. The summed E-state index contributed by atoms with van der Waals surface area (Å²) in [5.74, 6) is -0.417. The Morgan fingerprint density at radius 1 is 1.41 bits per heavy atom. The van der Waals surface area contributed by atoms with Crippen molar-refractivity contribution in [2.75, 3.05) is 0 Å². The smallest absolute Gasteiger partial charge is 0.177 e. The summed E-state index contributed by atoms with van der Waals surface area (Å²) in [7, 11) is 0. The number of benzene rings is 1. The Kier molecular flexibility index (Phi) is 3.97. The van der Waals surface area contributed by atoms with Crippen LogP contribution in [0.3, 0.4) is 0 Å². The van der Waals surface area contributed by atoms with Gasteiger partial charge in [0.15, 0.2) is 5.78 Å². The number of thiophene rings is 1. The molecular formula is C12H7BrClFOS. The van der Waals surface area contributed by atoms with E-state index in [-0.39, 0.29) is 17.2 Å². The highest BCUT2D eigenvalue weighted by Gasteiger charge is 2.12. The number of rotatable bonds is 3. The number of hydrogen-bond acceptors (Lipinski definition) is 2. The Morgan fingerprint density at radius 2 is 2.18 bits per heavy atom. The van der Waals surface area contributed by atoms with Crippen LogP contribution < -0.4 is 0 Å². The van der Waals surface area contributed by atoms with E-state index in [4.69, 9.17) is 11.6 Å². The first kappa shape index (κ1) is 12.7. The van der Waals surface area contributed by atoms with Crippen molar-refractivity contribution in [3.05, 3.63) is 55.4 Å². The number of carbonyl (C=O) groups excluding carboxylic acids is 1. The molecule has 0 aliphatic heterocycles. The highest BCUT2D eigenvalue weighted by molar-refractivity contribution is 9.10. The van der Waals surface area contributed by atoms with Gasteiger partial charge in [0, 0.05) is 21.3 Å². The van der Waals surface area contributed by atoms with E-state index < -0.39 is 5.82 Å². The maximum Gasteiger partial charge on any atom is 0.177 e. The molecule has 0 N–H and O–H groups in total. The van der Waals surface area contributed by atoms with Crippen LogP contribution in [-0.4, -0.2) is 5.78 Å². The Hall–Kier alpha value is -0.710. The summed E-state index contributed by atoms with van der Waals surface area (Å²) >= 11 is 10.5. The quantitative estimate of drug-likeness (QED) is 0.742. The molecule has 0 radical (unpaired) electrons. The molecule has 0 aliphatic rings. The van der Waals surface area contributed by atoms with Crippen molar-refractivity contribution in [2.24, 2.45) is 0 Å². The molecule has 0 fully saturated rings. The van der Waals surface area contributed by atoms with E-state index in [1.807, 2.05) is 5.38 Å². The lowest BCUT2D eigenvalue weighted by Gasteiger charge is -2.02. The lowest BCUT2D eigenvalue weighted by Crippen LogP contribution is -2.01. The van der Waals surface area contributed by atoms with E-state index >= 15 is 0 Å². The second-order valence-corrected chi connectivity index (χ2v) is 5.70. The summed E-state index contributed by atoms with van der Waals surface area (Å²) in [5.41, 5.74) is 0.641. The van der Waals surface area contributed by atoms with Gasteiger partial charge in [0.1, 0.15) is 5.82 Å². The van der Waals surface area contributed by atoms with E-state index in [1.165, 1.54) is 29.5 Å². The standard InChI is InChI=1S/C12H7BrClFOS/c13-8-4-12(17-6-8)11(16)3-7-1-2-9(15)5-10(7)14/h1-2,4-6H,3H2. The predicted molar refractivity (Wildman–Crippen MR) is 71.5 cm³/mol. The first-order chi connectivity index (χ1) is 8.06. The van der Waals surface area contributed by atoms with Crippen LogP contribution in [0, 0.1) is 5.82 Å². The van der Waals surface area contributed by atoms with Gasteiger partial charge >= 0.3 is 0 Å². The molecule has 0 spiro atoms. The van der Waals surface area contributed by atoms with Gasteiger partial charge in [-0.25, -0.2) is 4.39 Å². The molecule has 0 saturated carbocycles. The topological polar surface area (TPSA) is 17.1 Å². The van der Waals surface area contributed by atoms with Crippen LogP contribution in [0.25, 0.3) is 0 Å². The lowest BCUT2D eigenvalue weighted by atomic mass is 10.1. The van der Waals surface area contributed by atoms with Crippen LogP contribution in [0.15, 0.2) is 34.1 Å². The molecule has 5 heteroatoms. The second kappa shape index (κ2) is 5.29. The summed E-state index contributed by atoms with van der Waals surface area (Å²) in [5, 5.41) is 2.13. The molecular weight excluding hydrogens is 327 g/mol. The summed E-state index contributed by atoms with van der Waals surface area (Å²) in [4.78, 5) is 12.6. The van der Waals surface area contributed by atoms with Crippen molar-refractivity contribution in [1.82, 2.24) is 0 Å². The average molecular weight is 334 g/mol. The van der Waals surface area contributed by atoms with Gasteiger partial charge in [0.2, 0.25) is 0 Å². The van der Waals surface area contributed by atoms with Crippen molar-refractivity contribution in [2.45, 2.75) is 6.42 Å².